The summed E-state index contributed by atoms with van der Waals surface area (Å²) >= 11 is 0. The van der Waals surface area contributed by atoms with Crippen molar-refractivity contribution in [2.45, 2.75) is 43.9 Å². The molecular formula is C10H13NO. The first-order valence-electron chi connectivity index (χ1n) is 4.90. The molecule has 0 aliphatic heterocycles. The second-order valence-electron chi connectivity index (χ2n) is 4.06. The van der Waals surface area contributed by atoms with Gasteiger partial charge in [0.1, 0.15) is 5.76 Å². The van der Waals surface area contributed by atoms with Crippen LogP contribution in [-0.2, 0) is 0 Å². The summed E-state index contributed by atoms with van der Waals surface area (Å²) in [5.74, 6) is 2.58. The predicted octanol–water partition coefficient (Wildman–Crippen LogP) is 2.82. The fourth-order valence-corrected chi connectivity index (χ4v) is 1.76. The van der Waals surface area contributed by atoms with Crippen molar-refractivity contribution in [3.05, 3.63) is 17.5 Å². The second-order valence-corrected chi connectivity index (χ2v) is 4.06. The van der Waals surface area contributed by atoms with E-state index in [9.17, 15) is 0 Å². The van der Waals surface area contributed by atoms with Crippen molar-refractivity contribution >= 4 is 0 Å². The summed E-state index contributed by atoms with van der Waals surface area (Å²) < 4.78 is 5.32. The number of nitrogens with zero attached hydrogens (tertiary/aromatic N) is 1. The van der Waals surface area contributed by atoms with E-state index >= 15 is 0 Å². The minimum atomic E-state index is 0.699. The van der Waals surface area contributed by atoms with E-state index < -0.39 is 0 Å². The summed E-state index contributed by atoms with van der Waals surface area (Å²) in [6.07, 6.45) is 6.61. The van der Waals surface area contributed by atoms with Crippen molar-refractivity contribution < 1.29 is 4.52 Å². The van der Waals surface area contributed by atoms with Gasteiger partial charge in [0.05, 0.1) is 5.69 Å². The Labute approximate surface area is 71.9 Å². The van der Waals surface area contributed by atoms with Crippen LogP contribution in [0.5, 0.6) is 0 Å². The van der Waals surface area contributed by atoms with Gasteiger partial charge in [-0.3, -0.25) is 0 Å². The molecule has 1 heterocycles. The zero-order valence-corrected chi connectivity index (χ0v) is 7.12. The standard InChI is InChI=1S/C10H13NO/c1-2-8(3-1)10-6-9(11-12-10)7-4-5-7/h6-8H,1-5H2. The lowest BCUT2D eigenvalue weighted by Gasteiger charge is -2.21. The first-order chi connectivity index (χ1) is 5.93. The average Bonchev–Trinajstić information content (AvgIpc) is 2.70. The first kappa shape index (κ1) is 6.70. The quantitative estimate of drug-likeness (QED) is 0.670. The van der Waals surface area contributed by atoms with E-state index in [1.165, 1.54) is 37.8 Å². The van der Waals surface area contributed by atoms with Crippen LogP contribution in [-0.4, -0.2) is 5.16 Å². The van der Waals surface area contributed by atoms with Crippen LogP contribution in [0.3, 0.4) is 0 Å². The maximum Gasteiger partial charge on any atom is 0.140 e. The summed E-state index contributed by atoms with van der Waals surface area (Å²) in [4.78, 5) is 0. The summed E-state index contributed by atoms with van der Waals surface area (Å²) in [6, 6.07) is 2.18. The molecule has 0 bridgehead atoms. The molecule has 0 radical (unpaired) electrons. The summed E-state index contributed by atoms with van der Waals surface area (Å²) in [5.41, 5.74) is 1.21. The van der Waals surface area contributed by atoms with Crippen molar-refractivity contribution in [2.75, 3.05) is 0 Å². The van der Waals surface area contributed by atoms with Gasteiger partial charge in [-0.15, -0.1) is 0 Å². The first-order valence-corrected chi connectivity index (χ1v) is 4.90. The SMILES string of the molecule is c1c(C2CC2)noc1C1CCC1. The predicted molar refractivity (Wildman–Crippen MR) is 45.1 cm³/mol. The van der Waals surface area contributed by atoms with Gasteiger partial charge in [0.15, 0.2) is 0 Å². The van der Waals surface area contributed by atoms with Crippen molar-refractivity contribution in [3.8, 4) is 0 Å². The lowest BCUT2D eigenvalue weighted by atomic mass is 9.83. The van der Waals surface area contributed by atoms with Crippen molar-refractivity contribution in [2.24, 2.45) is 0 Å². The van der Waals surface area contributed by atoms with E-state index in [0.29, 0.717) is 5.92 Å². The molecule has 2 nitrogen and oxygen atoms in total. The van der Waals surface area contributed by atoms with Gasteiger partial charge in [-0.25, -0.2) is 0 Å². The molecule has 0 atom stereocenters. The maximum atomic E-state index is 5.32. The summed E-state index contributed by atoms with van der Waals surface area (Å²) in [7, 11) is 0. The smallest absolute Gasteiger partial charge is 0.140 e. The molecule has 1 aromatic rings. The molecule has 64 valence electrons. The zero-order valence-electron chi connectivity index (χ0n) is 7.12. The molecule has 0 saturated heterocycles. The zero-order chi connectivity index (χ0) is 7.97. The average molecular weight is 163 g/mol. The Hall–Kier alpha value is -0.790. The molecule has 0 N–H and O–H groups in total. The van der Waals surface area contributed by atoms with E-state index in [0.717, 1.165) is 11.7 Å². The molecule has 2 heteroatoms. The Morgan fingerprint density at radius 3 is 2.58 bits per heavy atom. The third kappa shape index (κ3) is 0.977. The van der Waals surface area contributed by atoms with E-state index in [2.05, 4.69) is 11.2 Å². The largest absolute Gasteiger partial charge is 0.361 e. The summed E-state index contributed by atoms with van der Waals surface area (Å²) in [6.45, 7) is 0. The Morgan fingerprint density at radius 2 is 2.00 bits per heavy atom. The van der Waals surface area contributed by atoms with Crippen LogP contribution >= 0.6 is 0 Å². The van der Waals surface area contributed by atoms with Crippen LogP contribution in [0.15, 0.2) is 10.6 Å². The third-order valence-corrected chi connectivity index (χ3v) is 3.05. The van der Waals surface area contributed by atoms with Crippen LogP contribution in [0.4, 0.5) is 0 Å². The highest BCUT2D eigenvalue weighted by Crippen LogP contribution is 2.42. The molecule has 1 aromatic heterocycles. The minimum absolute atomic E-state index is 0.699. The number of hydrogen-bond acceptors (Lipinski definition) is 2. The third-order valence-electron chi connectivity index (χ3n) is 3.05. The van der Waals surface area contributed by atoms with Gasteiger partial charge in [-0.1, -0.05) is 11.6 Å². The molecule has 0 aromatic carbocycles. The van der Waals surface area contributed by atoms with Gasteiger partial charge in [0, 0.05) is 17.9 Å². The Kier molecular flexibility index (Phi) is 1.31. The summed E-state index contributed by atoms with van der Waals surface area (Å²) in [5, 5.41) is 4.11. The van der Waals surface area contributed by atoms with Gasteiger partial charge >= 0.3 is 0 Å². The van der Waals surface area contributed by atoms with Crippen LogP contribution in [0.2, 0.25) is 0 Å². The molecule has 0 spiro atoms. The highest BCUT2D eigenvalue weighted by atomic mass is 16.5. The van der Waals surface area contributed by atoms with E-state index in [4.69, 9.17) is 4.52 Å². The fourth-order valence-electron chi connectivity index (χ4n) is 1.76. The lowest BCUT2D eigenvalue weighted by Crippen LogP contribution is -2.07. The van der Waals surface area contributed by atoms with E-state index in [1.54, 1.807) is 0 Å². The van der Waals surface area contributed by atoms with Crippen LogP contribution in [0.1, 0.15) is 55.4 Å². The fraction of sp³-hybridized carbons (Fsp3) is 0.700. The highest BCUT2D eigenvalue weighted by molar-refractivity contribution is 5.18. The molecule has 2 saturated carbocycles. The van der Waals surface area contributed by atoms with Crippen molar-refractivity contribution in [1.82, 2.24) is 5.16 Å². The minimum Gasteiger partial charge on any atom is -0.361 e. The normalized spacial score (nSPS) is 24.0. The number of hydrogen-bond donors (Lipinski definition) is 0. The molecule has 0 unspecified atom stereocenters. The second kappa shape index (κ2) is 2.35. The van der Waals surface area contributed by atoms with Crippen molar-refractivity contribution in [3.63, 3.8) is 0 Å². The number of rotatable bonds is 2. The number of aromatic nitrogens is 1. The molecular weight excluding hydrogens is 150 g/mol. The van der Waals surface area contributed by atoms with Gasteiger partial charge in [0.25, 0.3) is 0 Å². The van der Waals surface area contributed by atoms with Gasteiger partial charge in [-0.05, 0) is 25.7 Å². The van der Waals surface area contributed by atoms with Crippen LogP contribution < -0.4 is 0 Å². The maximum absolute atomic E-state index is 5.32. The molecule has 12 heavy (non-hydrogen) atoms. The topological polar surface area (TPSA) is 26.0 Å². The highest BCUT2D eigenvalue weighted by Gasteiger charge is 2.30. The van der Waals surface area contributed by atoms with Crippen LogP contribution in [0.25, 0.3) is 0 Å². The molecule has 0 amide bonds. The van der Waals surface area contributed by atoms with E-state index in [1.807, 2.05) is 0 Å². The lowest BCUT2D eigenvalue weighted by molar-refractivity contribution is 0.298. The van der Waals surface area contributed by atoms with Gasteiger partial charge in [0.2, 0.25) is 0 Å². The molecule has 2 aliphatic carbocycles. The van der Waals surface area contributed by atoms with Gasteiger partial charge in [-0.2, -0.15) is 0 Å². The molecule has 2 aliphatic rings. The Bertz CT molecular complexity index is 284. The van der Waals surface area contributed by atoms with Crippen molar-refractivity contribution in [1.29, 1.82) is 0 Å². The molecule has 2 fully saturated rings. The Balaban J connectivity index is 1.81. The Morgan fingerprint density at radius 1 is 1.17 bits per heavy atom. The molecule has 3 rings (SSSR count). The van der Waals surface area contributed by atoms with Crippen LogP contribution in [0, 0.1) is 0 Å². The van der Waals surface area contributed by atoms with E-state index in [-0.39, 0.29) is 0 Å². The monoisotopic (exact) mass is 163 g/mol. The van der Waals surface area contributed by atoms with Gasteiger partial charge < -0.3 is 4.52 Å².